The fourth-order valence-corrected chi connectivity index (χ4v) is 2.67. The van der Waals surface area contributed by atoms with Crippen LogP contribution < -0.4 is 5.32 Å². The van der Waals surface area contributed by atoms with Crippen molar-refractivity contribution in [2.24, 2.45) is 5.92 Å². The predicted octanol–water partition coefficient (Wildman–Crippen LogP) is 1.52. The number of hydrogen-bond donors (Lipinski definition) is 2. The average Bonchev–Trinajstić information content (AvgIpc) is 2.51. The Bertz CT molecular complexity index is 542. The van der Waals surface area contributed by atoms with Gasteiger partial charge in [0.2, 0.25) is 0 Å². The van der Waals surface area contributed by atoms with Crippen molar-refractivity contribution < 1.29 is 14.7 Å². The van der Waals surface area contributed by atoms with Gasteiger partial charge in [-0.3, -0.25) is 9.59 Å². The molecule has 2 N–H and O–H groups in total. The molecule has 0 aliphatic carbocycles. The zero-order valence-corrected chi connectivity index (χ0v) is 12.6. The fraction of sp³-hybridized carbons (Fsp3) is 0.500. The summed E-state index contributed by atoms with van der Waals surface area (Å²) in [7, 11) is 0. The van der Waals surface area contributed by atoms with Crippen LogP contribution in [0.1, 0.15) is 35.3 Å². The van der Waals surface area contributed by atoms with Gasteiger partial charge >= 0.3 is 5.97 Å². The first-order valence-corrected chi connectivity index (χ1v) is 7.38. The minimum Gasteiger partial charge on any atom is -0.481 e. The maximum absolute atomic E-state index is 12.7. The van der Waals surface area contributed by atoms with Crippen LogP contribution in [0.15, 0.2) is 18.2 Å². The summed E-state index contributed by atoms with van der Waals surface area (Å²) in [6.07, 6.45) is 0.837. The van der Waals surface area contributed by atoms with Crippen molar-refractivity contribution in [3.05, 3.63) is 34.9 Å². The van der Waals surface area contributed by atoms with Crippen LogP contribution in [0.25, 0.3) is 0 Å². The van der Waals surface area contributed by atoms with Gasteiger partial charge in [-0.1, -0.05) is 19.1 Å². The van der Waals surface area contributed by atoms with E-state index in [9.17, 15) is 9.59 Å². The lowest BCUT2D eigenvalue weighted by atomic mass is 9.94. The molecule has 1 aromatic carbocycles. The zero-order valence-electron chi connectivity index (χ0n) is 12.6. The Balaban J connectivity index is 2.24. The van der Waals surface area contributed by atoms with E-state index in [0.29, 0.717) is 12.1 Å². The van der Waals surface area contributed by atoms with E-state index >= 15 is 0 Å². The number of carbonyl (C=O) groups excluding carboxylic acids is 1. The smallest absolute Gasteiger partial charge is 0.308 e. The lowest BCUT2D eigenvalue weighted by molar-refractivity contribution is -0.141. The zero-order chi connectivity index (χ0) is 15.4. The quantitative estimate of drug-likeness (QED) is 0.862. The molecule has 1 atom stereocenters. The van der Waals surface area contributed by atoms with E-state index in [-0.39, 0.29) is 12.5 Å². The topological polar surface area (TPSA) is 69.6 Å². The number of nitrogens with zero attached hydrogens (tertiary/aromatic N) is 1. The van der Waals surface area contributed by atoms with Crippen LogP contribution in [0.3, 0.4) is 0 Å². The molecule has 1 heterocycles. The Morgan fingerprint density at radius 3 is 2.86 bits per heavy atom. The highest BCUT2D eigenvalue weighted by Crippen LogP contribution is 2.20. The van der Waals surface area contributed by atoms with Gasteiger partial charge in [-0.05, 0) is 37.1 Å². The fourth-order valence-electron chi connectivity index (χ4n) is 2.67. The number of carboxylic acid groups (broad SMARTS) is 1. The molecule has 1 unspecified atom stereocenters. The summed E-state index contributed by atoms with van der Waals surface area (Å²) in [5.41, 5.74) is 2.98. The van der Waals surface area contributed by atoms with E-state index < -0.39 is 11.9 Å². The summed E-state index contributed by atoms with van der Waals surface area (Å²) in [6, 6.07) is 5.78. The number of aliphatic carboxylic acids is 1. The van der Waals surface area contributed by atoms with Crippen LogP contribution in [0.5, 0.6) is 0 Å². The van der Waals surface area contributed by atoms with E-state index in [1.165, 1.54) is 0 Å². The van der Waals surface area contributed by atoms with Crippen molar-refractivity contribution in [1.82, 2.24) is 10.2 Å². The number of benzene rings is 1. The van der Waals surface area contributed by atoms with E-state index in [1.807, 2.05) is 25.1 Å². The summed E-state index contributed by atoms with van der Waals surface area (Å²) in [5.74, 6) is -1.50. The van der Waals surface area contributed by atoms with Gasteiger partial charge < -0.3 is 15.3 Å². The lowest BCUT2D eigenvalue weighted by Crippen LogP contribution is -2.38. The maximum Gasteiger partial charge on any atom is 0.308 e. The summed E-state index contributed by atoms with van der Waals surface area (Å²) in [5, 5.41) is 12.3. The van der Waals surface area contributed by atoms with Crippen LogP contribution in [-0.2, 0) is 17.8 Å². The SMILES string of the molecule is CCN(CC(C)C(=O)O)C(=O)c1cccc2c1CCNC2. The first-order chi connectivity index (χ1) is 10.0. The highest BCUT2D eigenvalue weighted by Gasteiger charge is 2.23. The van der Waals surface area contributed by atoms with Gasteiger partial charge in [0.05, 0.1) is 5.92 Å². The molecule has 1 aliphatic rings. The number of carboxylic acids is 1. The van der Waals surface area contributed by atoms with Crippen LogP contribution >= 0.6 is 0 Å². The third-order valence-corrected chi connectivity index (χ3v) is 3.96. The lowest BCUT2D eigenvalue weighted by Gasteiger charge is -2.26. The molecule has 0 spiro atoms. The molecule has 0 saturated heterocycles. The van der Waals surface area contributed by atoms with E-state index in [0.717, 1.165) is 30.6 Å². The normalized spacial score (nSPS) is 15.1. The Morgan fingerprint density at radius 1 is 1.43 bits per heavy atom. The molecule has 1 aromatic rings. The van der Waals surface area contributed by atoms with Crippen LogP contribution in [0, 0.1) is 5.92 Å². The van der Waals surface area contributed by atoms with Crippen molar-refractivity contribution in [3.8, 4) is 0 Å². The largest absolute Gasteiger partial charge is 0.481 e. The molecule has 1 amide bonds. The van der Waals surface area contributed by atoms with Crippen molar-refractivity contribution >= 4 is 11.9 Å². The first kappa shape index (κ1) is 15.5. The Labute approximate surface area is 125 Å². The summed E-state index contributed by atoms with van der Waals surface area (Å²) in [4.78, 5) is 25.3. The average molecular weight is 290 g/mol. The van der Waals surface area contributed by atoms with Crippen LogP contribution in [0.4, 0.5) is 0 Å². The Kier molecular flexibility index (Phi) is 4.96. The molecule has 5 heteroatoms. The van der Waals surface area contributed by atoms with E-state index in [1.54, 1.807) is 11.8 Å². The second-order valence-corrected chi connectivity index (χ2v) is 5.45. The highest BCUT2D eigenvalue weighted by atomic mass is 16.4. The molecule has 5 nitrogen and oxygen atoms in total. The molecular weight excluding hydrogens is 268 g/mol. The first-order valence-electron chi connectivity index (χ1n) is 7.38. The van der Waals surface area contributed by atoms with E-state index in [4.69, 9.17) is 5.11 Å². The number of fused-ring (bicyclic) bond motifs is 1. The predicted molar refractivity (Wildman–Crippen MR) is 80.2 cm³/mol. The number of rotatable bonds is 5. The molecular formula is C16H22N2O3. The third-order valence-electron chi connectivity index (χ3n) is 3.96. The number of amides is 1. The monoisotopic (exact) mass is 290 g/mol. The second-order valence-electron chi connectivity index (χ2n) is 5.45. The van der Waals surface area contributed by atoms with Gasteiger partial charge in [-0.2, -0.15) is 0 Å². The Morgan fingerprint density at radius 2 is 2.19 bits per heavy atom. The van der Waals surface area contributed by atoms with Gasteiger partial charge in [0.1, 0.15) is 0 Å². The summed E-state index contributed by atoms with van der Waals surface area (Å²) >= 11 is 0. The number of hydrogen-bond acceptors (Lipinski definition) is 3. The molecule has 114 valence electrons. The molecule has 0 aromatic heterocycles. The van der Waals surface area contributed by atoms with Crippen molar-refractivity contribution in [1.29, 1.82) is 0 Å². The van der Waals surface area contributed by atoms with E-state index in [2.05, 4.69) is 5.32 Å². The molecule has 0 bridgehead atoms. The number of carbonyl (C=O) groups is 2. The van der Waals surface area contributed by atoms with Crippen LogP contribution in [-0.4, -0.2) is 41.5 Å². The molecule has 0 radical (unpaired) electrons. The molecule has 21 heavy (non-hydrogen) atoms. The molecule has 0 saturated carbocycles. The minimum atomic E-state index is -0.874. The van der Waals surface area contributed by atoms with Gasteiger partial charge in [0.15, 0.2) is 0 Å². The standard InChI is InChI=1S/C16H22N2O3/c1-3-18(10-11(2)16(20)21)15(19)14-6-4-5-12-9-17-8-7-13(12)14/h4-6,11,17H,3,7-10H2,1-2H3,(H,20,21). The molecule has 0 fully saturated rings. The molecule has 2 rings (SSSR count). The maximum atomic E-state index is 12.7. The van der Waals surface area contributed by atoms with Crippen molar-refractivity contribution in [2.45, 2.75) is 26.8 Å². The Hall–Kier alpha value is -1.88. The van der Waals surface area contributed by atoms with Gasteiger partial charge in [0, 0.05) is 25.2 Å². The highest BCUT2D eigenvalue weighted by molar-refractivity contribution is 5.96. The second kappa shape index (κ2) is 6.72. The third kappa shape index (κ3) is 3.42. The summed E-state index contributed by atoms with van der Waals surface area (Å²) < 4.78 is 0. The minimum absolute atomic E-state index is 0.0654. The van der Waals surface area contributed by atoms with Gasteiger partial charge in [0.25, 0.3) is 5.91 Å². The van der Waals surface area contributed by atoms with Gasteiger partial charge in [-0.25, -0.2) is 0 Å². The number of nitrogens with one attached hydrogen (secondary N) is 1. The van der Waals surface area contributed by atoms with Crippen molar-refractivity contribution in [2.75, 3.05) is 19.6 Å². The van der Waals surface area contributed by atoms with Crippen LogP contribution in [0.2, 0.25) is 0 Å². The van der Waals surface area contributed by atoms with Gasteiger partial charge in [-0.15, -0.1) is 0 Å². The van der Waals surface area contributed by atoms with Crippen molar-refractivity contribution in [3.63, 3.8) is 0 Å². The summed E-state index contributed by atoms with van der Waals surface area (Å²) in [6.45, 7) is 5.92. The molecule has 1 aliphatic heterocycles.